The van der Waals surface area contributed by atoms with Crippen LogP contribution in [-0.4, -0.2) is 34.0 Å². The number of likely N-dealkylation sites (tertiary alicyclic amines) is 1. The average Bonchev–Trinajstić information content (AvgIpc) is 2.85. The molecule has 0 saturated carbocycles. The van der Waals surface area contributed by atoms with Gasteiger partial charge in [-0.05, 0) is 65.7 Å². The van der Waals surface area contributed by atoms with Crippen LogP contribution in [0.4, 0.5) is 0 Å². The number of carboxylic acids is 1. The topological polar surface area (TPSA) is 53.4 Å². The van der Waals surface area contributed by atoms with Crippen LogP contribution in [0.25, 0.3) is 21.9 Å². The molecule has 2 heterocycles. The molecule has 1 saturated heterocycles. The second kappa shape index (κ2) is 8.93. The lowest BCUT2D eigenvalue weighted by Crippen LogP contribution is -2.39. The Kier molecular flexibility index (Phi) is 5.70. The number of fused-ring (bicyclic) bond motifs is 1. The third-order valence-electron chi connectivity index (χ3n) is 6.56. The monoisotopic (exact) mass is 422 g/mol. The first-order valence-corrected chi connectivity index (χ1v) is 11.1. The maximum absolute atomic E-state index is 11.5. The molecule has 1 aliphatic rings. The summed E-state index contributed by atoms with van der Waals surface area (Å²) in [6.07, 6.45) is 5.09. The molecule has 32 heavy (non-hydrogen) atoms. The zero-order valence-electron chi connectivity index (χ0n) is 17.9. The van der Waals surface area contributed by atoms with Gasteiger partial charge in [0.1, 0.15) is 0 Å². The van der Waals surface area contributed by atoms with E-state index in [-0.39, 0.29) is 12.0 Å². The predicted octanol–water partition coefficient (Wildman–Crippen LogP) is 5.79. The fraction of sp³-hybridized carbons (Fsp3) is 0.214. The molecule has 0 radical (unpaired) electrons. The summed E-state index contributed by atoms with van der Waals surface area (Å²) in [5, 5.41) is 11.7. The SMILES string of the molecule is O=C(O)C1CCN(C(c2ccc(-c3ccccc3)cc2)c2ccc3cnccc3c2)CC1. The number of hydrogen-bond donors (Lipinski definition) is 1. The number of nitrogens with zero attached hydrogens (tertiary/aromatic N) is 2. The number of aliphatic carboxylic acids is 1. The molecule has 4 heteroatoms. The van der Waals surface area contributed by atoms with Crippen LogP contribution in [-0.2, 0) is 4.79 Å². The van der Waals surface area contributed by atoms with Gasteiger partial charge in [-0.15, -0.1) is 0 Å². The van der Waals surface area contributed by atoms with E-state index in [2.05, 4.69) is 76.6 Å². The molecule has 5 rings (SSSR count). The molecule has 1 aliphatic heterocycles. The summed E-state index contributed by atoms with van der Waals surface area (Å²) in [7, 11) is 0. The first-order chi connectivity index (χ1) is 15.7. The average molecular weight is 423 g/mol. The van der Waals surface area contributed by atoms with Crippen molar-refractivity contribution in [1.82, 2.24) is 9.88 Å². The molecule has 3 aromatic carbocycles. The molecule has 1 N–H and O–H groups in total. The first kappa shape index (κ1) is 20.4. The molecule has 1 unspecified atom stereocenters. The molecule has 0 amide bonds. The van der Waals surface area contributed by atoms with Gasteiger partial charge in [0.2, 0.25) is 0 Å². The number of benzene rings is 3. The van der Waals surface area contributed by atoms with E-state index in [1.165, 1.54) is 27.6 Å². The second-order valence-corrected chi connectivity index (χ2v) is 8.52. The standard InChI is InChI=1S/C28H26N2O2/c31-28(32)23-13-16-30(17-14-23)27(25-10-11-26-19-29-15-12-24(26)18-25)22-8-6-21(7-9-22)20-4-2-1-3-5-20/h1-12,15,18-19,23,27H,13-14,16-17H2,(H,31,32). The minimum absolute atomic E-state index is 0.0899. The Labute approximate surface area is 188 Å². The van der Waals surface area contributed by atoms with Crippen LogP contribution in [0.2, 0.25) is 0 Å². The van der Waals surface area contributed by atoms with Crippen molar-refractivity contribution in [3.63, 3.8) is 0 Å². The van der Waals surface area contributed by atoms with Gasteiger partial charge in [0.05, 0.1) is 12.0 Å². The summed E-state index contributed by atoms with van der Waals surface area (Å²) in [4.78, 5) is 18.1. The van der Waals surface area contributed by atoms with E-state index < -0.39 is 5.97 Å². The number of hydrogen-bond acceptors (Lipinski definition) is 3. The van der Waals surface area contributed by atoms with Crippen molar-refractivity contribution in [2.24, 2.45) is 5.92 Å². The zero-order valence-corrected chi connectivity index (χ0v) is 17.9. The third-order valence-corrected chi connectivity index (χ3v) is 6.56. The number of carboxylic acid groups (broad SMARTS) is 1. The Bertz CT molecular complexity index is 1210. The molecule has 4 aromatic rings. The van der Waals surface area contributed by atoms with Gasteiger partial charge in [0.25, 0.3) is 0 Å². The van der Waals surface area contributed by atoms with E-state index in [9.17, 15) is 9.90 Å². The number of rotatable bonds is 5. The van der Waals surface area contributed by atoms with E-state index in [4.69, 9.17) is 0 Å². The van der Waals surface area contributed by atoms with Crippen molar-refractivity contribution < 1.29 is 9.90 Å². The lowest BCUT2D eigenvalue weighted by atomic mass is 9.90. The smallest absolute Gasteiger partial charge is 0.306 e. The minimum atomic E-state index is -0.674. The van der Waals surface area contributed by atoms with Gasteiger partial charge >= 0.3 is 5.97 Å². The van der Waals surface area contributed by atoms with Crippen LogP contribution >= 0.6 is 0 Å². The molecule has 160 valence electrons. The number of carbonyl (C=O) groups is 1. The van der Waals surface area contributed by atoms with E-state index in [1.54, 1.807) is 0 Å². The summed E-state index contributed by atoms with van der Waals surface area (Å²) in [5.41, 5.74) is 4.86. The van der Waals surface area contributed by atoms with Crippen molar-refractivity contribution in [3.8, 4) is 11.1 Å². The van der Waals surface area contributed by atoms with Crippen LogP contribution in [0.3, 0.4) is 0 Å². The largest absolute Gasteiger partial charge is 0.481 e. The highest BCUT2D eigenvalue weighted by Gasteiger charge is 2.30. The van der Waals surface area contributed by atoms with E-state index in [0.717, 1.165) is 18.5 Å². The predicted molar refractivity (Wildman–Crippen MR) is 127 cm³/mol. The second-order valence-electron chi connectivity index (χ2n) is 8.52. The molecule has 1 atom stereocenters. The number of piperidine rings is 1. The summed E-state index contributed by atoms with van der Waals surface area (Å²) in [6, 6.07) is 27.9. The number of pyridine rings is 1. The highest BCUT2D eigenvalue weighted by atomic mass is 16.4. The molecule has 0 bridgehead atoms. The van der Waals surface area contributed by atoms with Gasteiger partial charge in [-0.25, -0.2) is 0 Å². The zero-order chi connectivity index (χ0) is 21.9. The van der Waals surface area contributed by atoms with Gasteiger partial charge < -0.3 is 5.11 Å². The van der Waals surface area contributed by atoms with E-state index in [0.29, 0.717) is 12.8 Å². The van der Waals surface area contributed by atoms with Crippen LogP contribution in [0.15, 0.2) is 91.3 Å². The van der Waals surface area contributed by atoms with Gasteiger partial charge in [-0.2, -0.15) is 0 Å². The van der Waals surface area contributed by atoms with Gasteiger partial charge in [0.15, 0.2) is 0 Å². The Balaban J connectivity index is 1.51. The molecule has 1 aromatic heterocycles. The van der Waals surface area contributed by atoms with Crippen molar-refractivity contribution in [1.29, 1.82) is 0 Å². The third kappa shape index (κ3) is 4.14. The van der Waals surface area contributed by atoms with Crippen molar-refractivity contribution in [2.45, 2.75) is 18.9 Å². The van der Waals surface area contributed by atoms with E-state index in [1.807, 2.05) is 24.5 Å². The number of aromatic nitrogens is 1. The van der Waals surface area contributed by atoms with Crippen molar-refractivity contribution in [3.05, 3.63) is 102 Å². The molecular formula is C28H26N2O2. The van der Waals surface area contributed by atoms with Crippen LogP contribution in [0.1, 0.15) is 30.0 Å². The van der Waals surface area contributed by atoms with Crippen LogP contribution < -0.4 is 0 Å². The Hall–Kier alpha value is -3.50. The molecule has 0 spiro atoms. The molecular weight excluding hydrogens is 396 g/mol. The normalized spacial score (nSPS) is 16.1. The van der Waals surface area contributed by atoms with Crippen molar-refractivity contribution in [2.75, 3.05) is 13.1 Å². The van der Waals surface area contributed by atoms with Crippen LogP contribution in [0.5, 0.6) is 0 Å². The first-order valence-electron chi connectivity index (χ1n) is 11.1. The van der Waals surface area contributed by atoms with E-state index >= 15 is 0 Å². The maximum Gasteiger partial charge on any atom is 0.306 e. The quantitative estimate of drug-likeness (QED) is 0.442. The highest BCUT2D eigenvalue weighted by Crippen LogP contribution is 2.35. The van der Waals surface area contributed by atoms with Gasteiger partial charge in [-0.1, -0.05) is 66.7 Å². The molecule has 0 aliphatic carbocycles. The Morgan fingerprint density at radius 2 is 1.53 bits per heavy atom. The van der Waals surface area contributed by atoms with Gasteiger partial charge in [-0.3, -0.25) is 14.7 Å². The minimum Gasteiger partial charge on any atom is -0.481 e. The Morgan fingerprint density at radius 3 is 2.25 bits per heavy atom. The highest BCUT2D eigenvalue weighted by molar-refractivity contribution is 5.82. The lowest BCUT2D eigenvalue weighted by molar-refractivity contribution is -0.143. The fourth-order valence-corrected chi connectivity index (χ4v) is 4.78. The summed E-state index contributed by atoms with van der Waals surface area (Å²) >= 11 is 0. The summed E-state index contributed by atoms with van der Waals surface area (Å²) in [5.74, 6) is -0.915. The maximum atomic E-state index is 11.5. The lowest BCUT2D eigenvalue weighted by Gasteiger charge is -2.37. The van der Waals surface area contributed by atoms with Gasteiger partial charge in [0, 0.05) is 17.8 Å². The summed E-state index contributed by atoms with van der Waals surface area (Å²) in [6.45, 7) is 1.55. The fourth-order valence-electron chi connectivity index (χ4n) is 4.78. The molecule has 1 fully saturated rings. The molecule has 4 nitrogen and oxygen atoms in total. The Morgan fingerprint density at radius 1 is 0.844 bits per heavy atom. The summed E-state index contributed by atoms with van der Waals surface area (Å²) < 4.78 is 0. The van der Waals surface area contributed by atoms with Crippen molar-refractivity contribution >= 4 is 16.7 Å². The van der Waals surface area contributed by atoms with Crippen LogP contribution in [0, 0.1) is 5.92 Å².